The first-order valence-electron chi connectivity index (χ1n) is 14.5. The Hall–Kier alpha value is -6.49. The predicted octanol–water partition coefficient (Wildman–Crippen LogP) is 7.35. The maximum Gasteiger partial charge on any atom is 0.315 e. The molecular weight excluding hydrogens is 600 g/mol. The molecule has 11 heteroatoms. The summed E-state index contributed by atoms with van der Waals surface area (Å²) in [5, 5.41) is 19.8. The van der Waals surface area contributed by atoms with Crippen LogP contribution in [0.15, 0.2) is 117 Å². The molecule has 232 valence electrons. The van der Waals surface area contributed by atoms with Gasteiger partial charge in [-0.2, -0.15) is 9.78 Å². The fourth-order valence-electron chi connectivity index (χ4n) is 5.52. The number of rotatable bonds is 9. The zero-order valence-electron chi connectivity index (χ0n) is 25.2. The molecule has 47 heavy (non-hydrogen) atoms. The molecule has 7 rings (SSSR count). The molecule has 0 saturated carbocycles. The Labute approximate surface area is 267 Å². The van der Waals surface area contributed by atoms with E-state index in [1.165, 1.54) is 19.4 Å². The number of benzene rings is 5. The van der Waals surface area contributed by atoms with Crippen LogP contribution in [0.2, 0.25) is 0 Å². The standard InChI is InChI=1S/C36H26N4O7/c1-44-30-15-8-16-31-27(30)19-33(47-31)35-38-28-14-6-5-13-26(28)36(41)39(35)37-20-22-17-29(40(42)43)34(32(18-22)45-2)46-21-24-11-7-10-23-9-3-4-12-25(23)24/h3-20H,21H2,1-2H3. The first-order chi connectivity index (χ1) is 22.9. The van der Waals surface area contributed by atoms with Gasteiger partial charge in [0, 0.05) is 11.6 Å². The lowest BCUT2D eigenvalue weighted by molar-refractivity contribution is -0.386. The summed E-state index contributed by atoms with van der Waals surface area (Å²) in [7, 11) is 2.96. The number of aromatic nitrogens is 2. The summed E-state index contributed by atoms with van der Waals surface area (Å²) in [6.45, 7) is 0.0792. The van der Waals surface area contributed by atoms with Crippen molar-refractivity contribution in [3.05, 3.63) is 135 Å². The van der Waals surface area contributed by atoms with Crippen molar-refractivity contribution in [1.29, 1.82) is 0 Å². The second-order valence-corrected chi connectivity index (χ2v) is 10.6. The Morgan fingerprint density at radius 2 is 1.62 bits per heavy atom. The van der Waals surface area contributed by atoms with Gasteiger partial charge in [0.05, 0.1) is 41.6 Å². The van der Waals surface area contributed by atoms with Crippen LogP contribution in [0.1, 0.15) is 11.1 Å². The van der Waals surface area contributed by atoms with Gasteiger partial charge in [0.2, 0.25) is 11.6 Å². The zero-order chi connectivity index (χ0) is 32.5. The molecule has 7 aromatic rings. The Bertz CT molecular complexity index is 2410. The van der Waals surface area contributed by atoms with Crippen LogP contribution in [-0.4, -0.2) is 35.0 Å². The van der Waals surface area contributed by atoms with E-state index in [1.54, 1.807) is 61.7 Å². The average molecular weight is 627 g/mol. The molecule has 0 aliphatic heterocycles. The summed E-state index contributed by atoms with van der Waals surface area (Å²) >= 11 is 0. The SMILES string of the molecule is COc1cc(C=Nn2c(-c3cc4c(OC)cccc4o3)nc3ccccc3c2=O)cc([N+](=O)[O-])c1OCc1cccc2ccccc12. The van der Waals surface area contributed by atoms with Crippen LogP contribution in [0, 0.1) is 10.1 Å². The number of nitrogens with zero attached hydrogens (tertiary/aromatic N) is 4. The van der Waals surface area contributed by atoms with Crippen molar-refractivity contribution in [1.82, 2.24) is 9.66 Å². The fraction of sp³-hybridized carbons (Fsp3) is 0.0833. The van der Waals surface area contributed by atoms with E-state index in [-0.39, 0.29) is 35.4 Å². The van der Waals surface area contributed by atoms with Crippen molar-refractivity contribution in [2.45, 2.75) is 6.61 Å². The molecule has 0 unspecified atom stereocenters. The monoisotopic (exact) mass is 626 g/mol. The van der Waals surface area contributed by atoms with Crippen LogP contribution in [0.5, 0.6) is 17.2 Å². The van der Waals surface area contributed by atoms with Gasteiger partial charge < -0.3 is 18.6 Å². The van der Waals surface area contributed by atoms with Crippen LogP contribution in [0.25, 0.3) is 44.2 Å². The third-order valence-electron chi connectivity index (χ3n) is 7.76. The molecule has 0 radical (unpaired) electrons. The average Bonchev–Trinajstić information content (AvgIpc) is 3.54. The van der Waals surface area contributed by atoms with Crippen molar-refractivity contribution in [3.63, 3.8) is 0 Å². The maximum absolute atomic E-state index is 13.7. The van der Waals surface area contributed by atoms with Gasteiger partial charge in [-0.15, -0.1) is 0 Å². The van der Waals surface area contributed by atoms with Crippen LogP contribution >= 0.6 is 0 Å². The minimum absolute atomic E-state index is 0.0240. The van der Waals surface area contributed by atoms with Gasteiger partial charge in [0.1, 0.15) is 17.9 Å². The number of nitro benzene ring substituents is 1. The molecule has 0 fully saturated rings. The number of methoxy groups -OCH3 is 2. The second kappa shape index (κ2) is 12.1. The molecule has 0 aliphatic rings. The summed E-state index contributed by atoms with van der Waals surface area (Å²) in [6, 6.07) is 30.5. The lowest BCUT2D eigenvalue weighted by atomic mass is 10.1. The highest BCUT2D eigenvalue weighted by Crippen LogP contribution is 2.39. The van der Waals surface area contributed by atoms with Gasteiger partial charge in [0.15, 0.2) is 11.5 Å². The molecular formula is C36H26N4O7. The second-order valence-electron chi connectivity index (χ2n) is 10.6. The number of ether oxygens (including phenoxy) is 3. The van der Waals surface area contributed by atoms with Crippen LogP contribution in [0.3, 0.4) is 0 Å². The number of nitro groups is 1. The molecule has 0 aliphatic carbocycles. The van der Waals surface area contributed by atoms with E-state index >= 15 is 0 Å². The van der Waals surface area contributed by atoms with E-state index in [0.29, 0.717) is 33.2 Å². The summed E-state index contributed by atoms with van der Waals surface area (Å²) in [4.78, 5) is 30.1. The highest BCUT2D eigenvalue weighted by atomic mass is 16.6. The van der Waals surface area contributed by atoms with Crippen molar-refractivity contribution < 1.29 is 23.6 Å². The topological polar surface area (TPSA) is 131 Å². The maximum atomic E-state index is 13.7. The van der Waals surface area contributed by atoms with Gasteiger partial charge in [0.25, 0.3) is 5.56 Å². The summed E-state index contributed by atoms with van der Waals surface area (Å²) in [6.07, 6.45) is 1.33. The Morgan fingerprint density at radius 3 is 2.43 bits per heavy atom. The van der Waals surface area contributed by atoms with Crippen molar-refractivity contribution >= 4 is 44.5 Å². The Kier molecular flexibility index (Phi) is 7.54. The van der Waals surface area contributed by atoms with Crippen LogP contribution in [-0.2, 0) is 6.61 Å². The predicted molar refractivity (Wildman–Crippen MR) is 179 cm³/mol. The van der Waals surface area contributed by atoms with Crippen LogP contribution in [0.4, 0.5) is 5.69 Å². The highest BCUT2D eigenvalue weighted by Gasteiger charge is 2.23. The minimum atomic E-state index is -0.546. The molecule has 2 heterocycles. The fourth-order valence-corrected chi connectivity index (χ4v) is 5.52. The summed E-state index contributed by atoms with van der Waals surface area (Å²) in [5.74, 6) is 1.13. The number of hydrogen-bond acceptors (Lipinski definition) is 9. The van der Waals surface area contributed by atoms with Gasteiger partial charge in [-0.05, 0) is 52.7 Å². The van der Waals surface area contributed by atoms with Gasteiger partial charge in [-0.3, -0.25) is 14.9 Å². The molecule has 0 bridgehead atoms. The summed E-state index contributed by atoms with van der Waals surface area (Å²) in [5.41, 5.74) is 1.38. The number of hydrogen-bond donors (Lipinski definition) is 0. The van der Waals surface area contributed by atoms with Crippen molar-refractivity contribution in [2.24, 2.45) is 5.10 Å². The number of para-hydroxylation sites is 1. The third-order valence-corrected chi connectivity index (χ3v) is 7.76. The van der Waals surface area contributed by atoms with Crippen molar-refractivity contribution in [3.8, 4) is 28.8 Å². The molecule has 0 spiro atoms. The van der Waals surface area contributed by atoms with E-state index < -0.39 is 10.5 Å². The zero-order valence-corrected chi connectivity index (χ0v) is 25.2. The van der Waals surface area contributed by atoms with Crippen LogP contribution < -0.4 is 19.8 Å². The Balaban J connectivity index is 1.30. The molecule has 2 aromatic heterocycles. The molecule has 5 aromatic carbocycles. The molecule has 0 atom stereocenters. The molecule has 0 N–H and O–H groups in total. The molecule has 11 nitrogen and oxygen atoms in total. The number of fused-ring (bicyclic) bond motifs is 3. The van der Waals surface area contributed by atoms with E-state index in [4.69, 9.17) is 23.6 Å². The minimum Gasteiger partial charge on any atom is -0.496 e. The lowest BCUT2D eigenvalue weighted by Crippen LogP contribution is -2.20. The van der Waals surface area contributed by atoms with Crippen molar-refractivity contribution in [2.75, 3.05) is 14.2 Å². The smallest absolute Gasteiger partial charge is 0.315 e. The normalized spacial score (nSPS) is 11.4. The first kappa shape index (κ1) is 29.2. The number of furan rings is 1. The van der Waals surface area contributed by atoms with Gasteiger partial charge in [-0.25, -0.2) is 4.98 Å². The van der Waals surface area contributed by atoms with E-state index in [2.05, 4.69) is 5.10 Å². The lowest BCUT2D eigenvalue weighted by Gasteiger charge is -2.13. The summed E-state index contributed by atoms with van der Waals surface area (Å²) < 4.78 is 24.2. The van der Waals surface area contributed by atoms with Gasteiger partial charge in [-0.1, -0.05) is 60.7 Å². The molecule has 0 amide bonds. The quantitative estimate of drug-likeness (QED) is 0.0923. The van der Waals surface area contributed by atoms with E-state index in [1.807, 2.05) is 42.5 Å². The largest absolute Gasteiger partial charge is 0.496 e. The van der Waals surface area contributed by atoms with E-state index in [9.17, 15) is 14.9 Å². The van der Waals surface area contributed by atoms with Gasteiger partial charge >= 0.3 is 5.69 Å². The Morgan fingerprint density at radius 1 is 0.872 bits per heavy atom. The van der Waals surface area contributed by atoms with E-state index in [0.717, 1.165) is 21.0 Å². The third kappa shape index (κ3) is 5.39. The highest BCUT2D eigenvalue weighted by molar-refractivity contribution is 5.89. The molecule has 0 saturated heterocycles. The first-order valence-corrected chi connectivity index (χ1v) is 14.5.